The van der Waals surface area contributed by atoms with Crippen LogP contribution >= 0.6 is 0 Å². The first kappa shape index (κ1) is 18.0. The lowest BCUT2D eigenvalue weighted by Crippen LogP contribution is -2.58. The average Bonchev–Trinajstić information content (AvgIpc) is 2.65. The number of rotatable bonds is 4. The van der Waals surface area contributed by atoms with Crippen LogP contribution in [0.2, 0.25) is 0 Å². The number of methoxy groups -OCH3 is 2. The molecule has 0 atom stereocenters. The summed E-state index contributed by atoms with van der Waals surface area (Å²) in [6.45, 7) is 0. The highest BCUT2D eigenvalue weighted by atomic mass is 16.5. The van der Waals surface area contributed by atoms with E-state index >= 15 is 0 Å². The second-order valence-electron chi connectivity index (χ2n) is 6.39. The Hall–Kier alpha value is -2.83. The lowest BCUT2D eigenvalue weighted by molar-refractivity contribution is -0.132. The molecule has 4 amide bonds. The number of benzene rings is 1. The molecule has 1 aromatic carbocycles. The van der Waals surface area contributed by atoms with Crippen molar-refractivity contribution in [2.45, 2.75) is 38.1 Å². The van der Waals surface area contributed by atoms with Gasteiger partial charge < -0.3 is 9.47 Å². The molecule has 1 heterocycles. The van der Waals surface area contributed by atoms with Crippen LogP contribution in [0.5, 0.6) is 11.5 Å². The zero-order valence-electron chi connectivity index (χ0n) is 14.9. The van der Waals surface area contributed by atoms with Crippen molar-refractivity contribution in [3.05, 3.63) is 29.3 Å². The first-order chi connectivity index (χ1) is 12.5. The Morgan fingerprint density at radius 1 is 1.08 bits per heavy atom. The van der Waals surface area contributed by atoms with Gasteiger partial charge in [-0.1, -0.05) is 19.3 Å². The Kier molecular flexibility index (Phi) is 5.25. The number of carbonyl (C=O) groups is 3. The van der Waals surface area contributed by atoms with E-state index in [1.165, 1.54) is 18.1 Å². The number of ether oxygens (including phenoxy) is 2. The van der Waals surface area contributed by atoms with Crippen molar-refractivity contribution < 1.29 is 23.9 Å². The smallest absolute Gasteiger partial charge is 0.331 e. The van der Waals surface area contributed by atoms with Crippen molar-refractivity contribution >= 4 is 23.9 Å². The van der Waals surface area contributed by atoms with E-state index in [1.807, 2.05) is 0 Å². The Labute approximate surface area is 151 Å². The van der Waals surface area contributed by atoms with E-state index in [0.717, 1.165) is 32.1 Å². The highest BCUT2D eigenvalue weighted by Gasteiger charge is 2.40. The number of imide groups is 2. The maximum Gasteiger partial charge on any atom is 0.331 e. The second kappa shape index (κ2) is 7.59. The van der Waals surface area contributed by atoms with Gasteiger partial charge >= 0.3 is 6.03 Å². The van der Waals surface area contributed by atoms with Crippen molar-refractivity contribution in [2.75, 3.05) is 14.2 Å². The summed E-state index contributed by atoms with van der Waals surface area (Å²) in [6.07, 6.45) is 6.05. The molecule has 26 heavy (non-hydrogen) atoms. The molecule has 2 fully saturated rings. The highest BCUT2D eigenvalue weighted by molar-refractivity contribution is 6.31. The first-order valence-electron chi connectivity index (χ1n) is 8.67. The molecule has 7 nitrogen and oxygen atoms in total. The molecule has 1 saturated carbocycles. The Morgan fingerprint density at radius 3 is 2.46 bits per heavy atom. The number of urea groups is 1. The van der Waals surface area contributed by atoms with E-state index in [-0.39, 0.29) is 11.6 Å². The molecular weight excluding hydrogens is 336 g/mol. The molecule has 3 rings (SSSR count). The van der Waals surface area contributed by atoms with Crippen LogP contribution in [0.1, 0.15) is 37.7 Å². The van der Waals surface area contributed by atoms with E-state index in [9.17, 15) is 14.4 Å². The molecule has 0 bridgehead atoms. The van der Waals surface area contributed by atoms with Crippen molar-refractivity contribution in [3.8, 4) is 11.5 Å². The van der Waals surface area contributed by atoms with Crippen LogP contribution in [0, 0.1) is 0 Å². The fourth-order valence-electron chi connectivity index (χ4n) is 3.44. The van der Waals surface area contributed by atoms with Crippen LogP contribution in [-0.2, 0) is 9.59 Å². The Morgan fingerprint density at radius 2 is 1.81 bits per heavy atom. The molecule has 138 valence electrons. The summed E-state index contributed by atoms with van der Waals surface area (Å²) in [7, 11) is 3.04. The van der Waals surface area contributed by atoms with Crippen molar-refractivity contribution in [3.63, 3.8) is 0 Å². The quantitative estimate of drug-likeness (QED) is 0.660. The number of amides is 4. The summed E-state index contributed by atoms with van der Waals surface area (Å²) in [6, 6.07) is 4.29. The van der Waals surface area contributed by atoms with Crippen LogP contribution < -0.4 is 14.8 Å². The van der Waals surface area contributed by atoms with Crippen LogP contribution in [-0.4, -0.2) is 43.0 Å². The largest absolute Gasteiger partial charge is 0.497 e. The fourth-order valence-corrected chi connectivity index (χ4v) is 3.44. The van der Waals surface area contributed by atoms with Crippen molar-refractivity contribution in [1.82, 2.24) is 10.2 Å². The molecule has 2 aliphatic rings. The predicted molar refractivity (Wildman–Crippen MR) is 94.8 cm³/mol. The molecule has 7 heteroatoms. The maximum absolute atomic E-state index is 12.9. The standard InChI is InChI=1S/C19H22N2O5/c1-25-14-9-8-12(16(11-14)26-2)10-15-17(22)20-19(24)21(18(15)23)13-6-4-3-5-7-13/h8-11,13H,3-7H2,1-2H3,(H,20,22,24). The van der Waals surface area contributed by atoms with Crippen LogP contribution in [0.15, 0.2) is 23.8 Å². The van der Waals surface area contributed by atoms with Gasteiger partial charge in [0.05, 0.1) is 14.2 Å². The zero-order chi connectivity index (χ0) is 18.7. The summed E-state index contributed by atoms with van der Waals surface area (Å²) < 4.78 is 10.5. The number of hydrogen-bond acceptors (Lipinski definition) is 5. The summed E-state index contributed by atoms with van der Waals surface area (Å²) in [5, 5.41) is 2.28. The monoisotopic (exact) mass is 358 g/mol. The summed E-state index contributed by atoms with van der Waals surface area (Å²) in [5.41, 5.74) is 0.489. The third kappa shape index (κ3) is 3.42. The number of barbiturate groups is 1. The van der Waals surface area contributed by atoms with Crippen LogP contribution in [0.25, 0.3) is 6.08 Å². The minimum Gasteiger partial charge on any atom is -0.497 e. The molecular formula is C19H22N2O5. The number of hydrogen-bond donors (Lipinski definition) is 1. The molecule has 1 saturated heterocycles. The van der Waals surface area contributed by atoms with Gasteiger partial charge in [-0.15, -0.1) is 0 Å². The van der Waals surface area contributed by atoms with Gasteiger partial charge in [0.25, 0.3) is 11.8 Å². The zero-order valence-corrected chi connectivity index (χ0v) is 14.9. The normalized spacial score (nSPS) is 20.3. The SMILES string of the molecule is COc1ccc(C=C2C(=O)NC(=O)N(C3CCCCC3)C2=O)c(OC)c1. The van der Waals surface area contributed by atoms with Gasteiger partial charge in [-0.05, 0) is 31.1 Å². The molecule has 0 unspecified atom stereocenters. The van der Waals surface area contributed by atoms with Gasteiger partial charge in [-0.2, -0.15) is 0 Å². The third-order valence-corrected chi connectivity index (χ3v) is 4.81. The predicted octanol–water partition coefficient (Wildman–Crippen LogP) is 2.50. The summed E-state index contributed by atoms with van der Waals surface area (Å²) in [4.78, 5) is 38.6. The van der Waals surface area contributed by atoms with Crippen LogP contribution in [0.3, 0.4) is 0 Å². The molecule has 1 aromatic rings. The van der Waals surface area contributed by atoms with Crippen LogP contribution in [0.4, 0.5) is 4.79 Å². The first-order valence-corrected chi connectivity index (χ1v) is 8.67. The topological polar surface area (TPSA) is 84.9 Å². The van der Waals surface area contributed by atoms with Crippen molar-refractivity contribution in [1.29, 1.82) is 0 Å². The van der Waals surface area contributed by atoms with E-state index in [0.29, 0.717) is 17.1 Å². The molecule has 1 N–H and O–H groups in total. The summed E-state index contributed by atoms with van der Waals surface area (Å²) >= 11 is 0. The summed E-state index contributed by atoms with van der Waals surface area (Å²) in [5.74, 6) is -0.172. The van der Waals surface area contributed by atoms with Gasteiger partial charge in [0.2, 0.25) is 0 Å². The lowest BCUT2D eigenvalue weighted by Gasteiger charge is -2.35. The minimum atomic E-state index is -0.690. The van der Waals surface area contributed by atoms with Gasteiger partial charge in [0.15, 0.2) is 0 Å². The van der Waals surface area contributed by atoms with Gasteiger partial charge in [0.1, 0.15) is 17.1 Å². The average molecular weight is 358 g/mol. The van der Waals surface area contributed by atoms with E-state index in [1.54, 1.807) is 25.3 Å². The molecule has 0 radical (unpaired) electrons. The molecule has 1 aliphatic carbocycles. The highest BCUT2D eigenvalue weighted by Crippen LogP contribution is 2.29. The number of nitrogens with one attached hydrogen (secondary N) is 1. The molecule has 1 aliphatic heterocycles. The van der Waals surface area contributed by atoms with Gasteiger partial charge in [-0.3, -0.25) is 19.8 Å². The molecule has 0 spiro atoms. The molecule has 0 aromatic heterocycles. The lowest BCUT2D eigenvalue weighted by atomic mass is 9.93. The number of nitrogens with zero attached hydrogens (tertiary/aromatic N) is 1. The van der Waals surface area contributed by atoms with Gasteiger partial charge in [0, 0.05) is 17.7 Å². The second-order valence-corrected chi connectivity index (χ2v) is 6.39. The minimum absolute atomic E-state index is 0.0707. The van der Waals surface area contributed by atoms with Crippen molar-refractivity contribution in [2.24, 2.45) is 0 Å². The maximum atomic E-state index is 12.9. The third-order valence-electron chi connectivity index (χ3n) is 4.81. The number of carbonyl (C=O) groups excluding carboxylic acids is 3. The Balaban J connectivity index is 1.95. The Bertz CT molecular complexity index is 765. The van der Waals surface area contributed by atoms with E-state index in [4.69, 9.17) is 9.47 Å². The van der Waals surface area contributed by atoms with E-state index in [2.05, 4.69) is 5.32 Å². The van der Waals surface area contributed by atoms with E-state index < -0.39 is 17.8 Å². The fraction of sp³-hybridized carbons (Fsp3) is 0.421. The van der Waals surface area contributed by atoms with Gasteiger partial charge in [-0.25, -0.2) is 4.79 Å².